The highest BCUT2D eigenvalue weighted by molar-refractivity contribution is 5.77. The number of aryl methyl sites for hydroxylation is 2. The molecule has 0 fully saturated rings. The molecule has 0 saturated heterocycles. The molecule has 4 nitrogen and oxygen atoms in total. The molecule has 0 radical (unpaired) electrons. The molecular weight excluding hydrogens is 300 g/mol. The van der Waals surface area contributed by atoms with Gasteiger partial charge in [0.25, 0.3) is 0 Å². The first-order valence-corrected chi connectivity index (χ1v) is 8.54. The molecule has 0 bridgehead atoms. The van der Waals surface area contributed by atoms with Gasteiger partial charge in [-0.25, -0.2) is 4.79 Å². The summed E-state index contributed by atoms with van der Waals surface area (Å²) in [5.41, 5.74) is 4.93. The molecule has 0 spiro atoms. The quantitative estimate of drug-likeness (QED) is 0.855. The normalized spacial score (nSPS) is 16.1. The van der Waals surface area contributed by atoms with Crippen LogP contribution in [-0.2, 0) is 22.4 Å². The molecule has 4 heteroatoms. The van der Waals surface area contributed by atoms with Gasteiger partial charge in [-0.05, 0) is 60.9 Å². The van der Waals surface area contributed by atoms with Crippen LogP contribution < -0.4 is 5.32 Å². The van der Waals surface area contributed by atoms with E-state index in [1.54, 1.807) is 12.4 Å². The maximum absolute atomic E-state index is 12.2. The molecule has 2 unspecified atom stereocenters. The Labute approximate surface area is 143 Å². The lowest BCUT2D eigenvalue weighted by atomic mass is 9.89. The van der Waals surface area contributed by atoms with Gasteiger partial charge in [-0.1, -0.05) is 24.3 Å². The van der Waals surface area contributed by atoms with E-state index in [9.17, 15) is 4.79 Å². The largest absolute Gasteiger partial charge is 0.468 e. The fraction of sp³-hybridized carbons (Fsp3) is 0.400. The van der Waals surface area contributed by atoms with E-state index in [-0.39, 0.29) is 12.0 Å². The van der Waals surface area contributed by atoms with Gasteiger partial charge >= 0.3 is 5.97 Å². The van der Waals surface area contributed by atoms with Gasteiger partial charge in [0.05, 0.1) is 7.11 Å². The van der Waals surface area contributed by atoms with Crippen LogP contribution in [0.25, 0.3) is 0 Å². The Morgan fingerprint density at radius 3 is 2.67 bits per heavy atom. The lowest BCUT2D eigenvalue weighted by Crippen LogP contribution is -2.32. The number of esters is 1. The number of nitrogens with one attached hydrogen (secondary N) is 1. The van der Waals surface area contributed by atoms with Crippen molar-refractivity contribution in [2.45, 2.75) is 44.7 Å². The third-order valence-corrected chi connectivity index (χ3v) is 4.74. The minimum atomic E-state index is -0.519. The van der Waals surface area contributed by atoms with Gasteiger partial charge in [-0.15, -0.1) is 0 Å². The van der Waals surface area contributed by atoms with Crippen molar-refractivity contribution in [1.29, 1.82) is 0 Å². The number of carbonyl (C=O) groups is 1. The summed E-state index contributed by atoms with van der Waals surface area (Å²) in [7, 11) is 1.41. The molecule has 1 aliphatic rings. The predicted octanol–water partition coefficient (Wildman–Crippen LogP) is 3.53. The van der Waals surface area contributed by atoms with E-state index < -0.39 is 6.04 Å². The molecule has 2 aromatic rings. The van der Waals surface area contributed by atoms with Crippen LogP contribution in [0.5, 0.6) is 0 Å². The van der Waals surface area contributed by atoms with Crippen LogP contribution >= 0.6 is 0 Å². The summed E-state index contributed by atoms with van der Waals surface area (Å²) in [5.74, 6) is -0.298. The van der Waals surface area contributed by atoms with Crippen molar-refractivity contribution >= 4 is 5.97 Å². The average Bonchev–Trinajstić information content (AvgIpc) is 2.65. The maximum Gasteiger partial charge on any atom is 0.327 e. The van der Waals surface area contributed by atoms with E-state index in [2.05, 4.69) is 35.4 Å². The molecule has 24 heavy (non-hydrogen) atoms. The molecule has 0 aliphatic heterocycles. The highest BCUT2D eigenvalue weighted by atomic mass is 16.5. The number of hydrogen-bond donors (Lipinski definition) is 1. The molecule has 0 amide bonds. The Balaban J connectivity index is 1.80. The second-order valence-corrected chi connectivity index (χ2v) is 6.37. The van der Waals surface area contributed by atoms with Crippen LogP contribution in [0.4, 0.5) is 0 Å². The number of carbonyl (C=O) groups excluding carboxylic acids is 1. The minimum Gasteiger partial charge on any atom is -0.468 e. The van der Waals surface area contributed by atoms with Gasteiger partial charge in [-0.2, -0.15) is 0 Å². The minimum absolute atomic E-state index is 0.0431. The number of nitrogens with zero attached hydrogens (tertiary/aromatic N) is 1. The van der Waals surface area contributed by atoms with Crippen molar-refractivity contribution in [2.24, 2.45) is 0 Å². The van der Waals surface area contributed by atoms with Gasteiger partial charge in [0.2, 0.25) is 0 Å². The Kier molecular flexibility index (Phi) is 5.26. The summed E-state index contributed by atoms with van der Waals surface area (Å²) < 4.78 is 4.96. The Morgan fingerprint density at radius 2 is 1.96 bits per heavy atom. The topological polar surface area (TPSA) is 51.2 Å². The number of pyridine rings is 1. The number of benzene rings is 1. The highest BCUT2D eigenvalue weighted by Gasteiger charge is 2.24. The summed E-state index contributed by atoms with van der Waals surface area (Å²) in [5, 5.41) is 3.39. The number of fused-ring (bicyclic) bond motifs is 1. The molecule has 0 saturated carbocycles. The van der Waals surface area contributed by atoms with Gasteiger partial charge in [0, 0.05) is 18.4 Å². The SMILES string of the molecule is COC(=O)C(NC(C)c1ccc2c(c1)CCCC2)c1cccnc1. The third kappa shape index (κ3) is 3.65. The number of aromatic nitrogens is 1. The summed E-state index contributed by atoms with van der Waals surface area (Å²) >= 11 is 0. The molecule has 1 aliphatic carbocycles. The third-order valence-electron chi connectivity index (χ3n) is 4.74. The maximum atomic E-state index is 12.2. The van der Waals surface area contributed by atoms with E-state index in [1.165, 1.54) is 43.1 Å². The van der Waals surface area contributed by atoms with E-state index in [0.717, 1.165) is 12.0 Å². The molecule has 1 aromatic heterocycles. The Bertz CT molecular complexity index is 700. The summed E-state index contributed by atoms with van der Waals surface area (Å²) in [6.45, 7) is 2.08. The van der Waals surface area contributed by atoms with Crippen molar-refractivity contribution in [2.75, 3.05) is 7.11 Å². The fourth-order valence-corrected chi connectivity index (χ4v) is 3.33. The molecule has 1 N–H and O–H groups in total. The molecule has 1 aromatic carbocycles. The van der Waals surface area contributed by atoms with Gasteiger partial charge in [-0.3, -0.25) is 10.3 Å². The van der Waals surface area contributed by atoms with Crippen molar-refractivity contribution in [1.82, 2.24) is 10.3 Å². The Morgan fingerprint density at radius 1 is 1.17 bits per heavy atom. The summed E-state index contributed by atoms with van der Waals surface area (Å²) in [4.78, 5) is 16.3. The molecular formula is C20H24N2O2. The first-order chi connectivity index (χ1) is 11.7. The van der Waals surface area contributed by atoms with Gasteiger partial charge < -0.3 is 4.74 Å². The highest BCUT2D eigenvalue weighted by Crippen LogP contribution is 2.26. The first-order valence-electron chi connectivity index (χ1n) is 8.54. The van der Waals surface area contributed by atoms with Crippen LogP contribution in [0.3, 0.4) is 0 Å². The summed E-state index contributed by atoms with van der Waals surface area (Å²) in [6.07, 6.45) is 8.28. The van der Waals surface area contributed by atoms with Crippen LogP contribution in [0.1, 0.15) is 54.1 Å². The zero-order valence-electron chi connectivity index (χ0n) is 14.3. The van der Waals surface area contributed by atoms with Gasteiger partial charge in [0.15, 0.2) is 0 Å². The van der Waals surface area contributed by atoms with Gasteiger partial charge in [0.1, 0.15) is 6.04 Å². The number of ether oxygens (including phenoxy) is 1. The molecule has 2 atom stereocenters. The number of methoxy groups -OCH3 is 1. The smallest absolute Gasteiger partial charge is 0.327 e. The second-order valence-electron chi connectivity index (χ2n) is 6.37. The Hall–Kier alpha value is -2.20. The van der Waals surface area contributed by atoms with E-state index >= 15 is 0 Å². The number of hydrogen-bond acceptors (Lipinski definition) is 4. The lowest BCUT2D eigenvalue weighted by Gasteiger charge is -2.24. The zero-order valence-corrected chi connectivity index (χ0v) is 14.3. The molecule has 3 rings (SSSR count). The van der Waals surface area contributed by atoms with E-state index in [4.69, 9.17) is 4.74 Å². The summed E-state index contributed by atoms with van der Waals surface area (Å²) in [6, 6.07) is 9.93. The fourth-order valence-electron chi connectivity index (χ4n) is 3.33. The number of rotatable bonds is 5. The van der Waals surface area contributed by atoms with E-state index in [1.807, 2.05) is 12.1 Å². The molecule has 1 heterocycles. The van der Waals surface area contributed by atoms with Crippen LogP contribution in [-0.4, -0.2) is 18.1 Å². The predicted molar refractivity (Wildman–Crippen MR) is 93.6 cm³/mol. The van der Waals surface area contributed by atoms with Crippen molar-refractivity contribution in [3.8, 4) is 0 Å². The van der Waals surface area contributed by atoms with Crippen molar-refractivity contribution in [3.05, 3.63) is 65.0 Å². The van der Waals surface area contributed by atoms with Crippen LogP contribution in [0.15, 0.2) is 42.7 Å². The van der Waals surface area contributed by atoms with Crippen molar-refractivity contribution in [3.63, 3.8) is 0 Å². The first kappa shape index (κ1) is 16.7. The monoisotopic (exact) mass is 324 g/mol. The lowest BCUT2D eigenvalue weighted by molar-refractivity contribution is -0.143. The average molecular weight is 324 g/mol. The van der Waals surface area contributed by atoms with Crippen molar-refractivity contribution < 1.29 is 9.53 Å². The second kappa shape index (κ2) is 7.58. The standard InChI is InChI=1S/C20H24N2O2/c1-14(16-10-9-15-6-3-4-7-17(15)12-16)22-19(20(23)24-2)18-8-5-11-21-13-18/h5,8-14,19,22H,3-4,6-7H2,1-2H3. The molecule has 126 valence electrons. The van der Waals surface area contributed by atoms with E-state index in [0.29, 0.717) is 0 Å². The zero-order chi connectivity index (χ0) is 16.9. The van der Waals surface area contributed by atoms with Crippen LogP contribution in [0.2, 0.25) is 0 Å². The van der Waals surface area contributed by atoms with Crippen LogP contribution in [0, 0.1) is 0 Å².